The van der Waals surface area contributed by atoms with E-state index < -0.39 is 27.7 Å². The molecule has 0 amide bonds. The quantitative estimate of drug-likeness (QED) is 0.864. The van der Waals surface area contributed by atoms with Gasteiger partial charge in [-0.25, -0.2) is 21.5 Å². The molecule has 0 aliphatic carbocycles. The Kier molecular flexibility index (Phi) is 5.39. The van der Waals surface area contributed by atoms with Crippen LogP contribution < -0.4 is 5.32 Å². The molecule has 0 saturated carbocycles. The third kappa shape index (κ3) is 4.52. The zero-order valence-corrected chi connectivity index (χ0v) is 12.0. The molecule has 0 heterocycles. The molecular weight excluding hydrogens is 274 g/mol. The van der Waals surface area contributed by atoms with Gasteiger partial charge in [0, 0.05) is 32.2 Å². The Bertz CT molecular complexity index is 533. The van der Waals surface area contributed by atoms with Crippen molar-refractivity contribution in [3.05, 3.63) is 35.4 Å². The number of nitrogens with one attached hydrogen (secondary N) is 1. The normalized spacial score (nSPS) is 13.8. The van der Waals surface area contributed by atoms with Crippen LogP contribution in [0.3, 0.4) is 0 Å². The first-order chi connectivity index (χ1) is 8.74. The number of nitrogens with zero attached hydrogens (tertiary/aromatic N) is 1. The Hall–Kier alpha value is -1.05. The average molecular weight is 292 g/mol. The molecule has 0 aliphatic rings. The summed E-state index contributed by atoms with van der Waals surface area (Å²) >= 11 is 0. The Labute approximate surface area is 112 Å². The summed E-state index contributed by atoms with van der Waals surface area (Å²) in [5.74, 6) is -1.14. The van der Waals surface area contributed by atoms with E-state index in [1.165, 1.54) is 14.1 Å². The first-order valence-corrected chi connectivity index (χ1v) is 7.43. The summed E-state index contributed by atoms with van der Waals surface area (Å²) in [5.41, 5.74) is 0.183. The molecule has 0 aromatic heterocycles. The highest BCUT2D eigenvalue weighted by Crippen LogP contribution is 2.17. The van der Waals surface area contributed by atoms with Crippen molar-refractivity contribution in [1.82, 2.24) is 9.62 Å². The second-order valence-corrected chi connectivity index (χ2v) is 6.74. The van der Waals surface area contributed by atoms with Crippen LogP contribution in [0.25, 0.3) is 0 Å². The summed E-state index contributed by atoms with van der Waals surface area (Å²) in [6.45, 7) is 1.82. The van der Waals surface area contributed by atoms with Gasteiger partial charge in [0.05, 0.1) is 5.75 Å². The lowest BCUT2D eigenvalue weighted by Gasteiger charge is -2.16. The second kappa shape index (κ2) is 6.40. The van der Waals surface area contributed by atoms with Crippen LogP contribution >= 0.6 is 0 Å². The van der Waals surface area contributed by atoms with Gasteiger partial charge in [0.2, 0.25) is 10.0 Å². The van der Waals surface area contributed by atoms with E-state index in [1.807, 2.05) is 0 Å². The van der Waals surface area contributed by atoms with E-state index >= 15 is 0 Å². The van der Waals surface area contributed by atoms with Crippen molar-refractivity contribution in [2.24, 2.45) is 0 Å². The summed E-state index contributed by atoms with van der Waals surface area (Å²) in [5, 5.41) is 2.87. The SMILES string of the molecule is CC(NCCS(=O)(=O)N(C)C)c1cc(F)ccc1F. The molecule has 4 nitrogen and oxygen atoms in total. The van der Waals surface area contributed by atoms with Crippen molar-refractivity contribution in [3.63, 3.8) is 0 Å². The molecular formula is C12H18F2N2O2S. The Morgan fingerprint density at radius 3 is 2.53 bits per heavy atom. The minimum atomic E-state index is -3.29. The van der Waals surface area contributed by atoms with E-state index in [4.69, 9.17) is 0 Å². The van der Waals surface area contributed by atoms with E-state index in [2.05, 4.69) is 5.32 Å². The number of halogens is 2. The van der Waals surface area contributed by atoms with Gasteiger partial charge < -0.3 is 5.32 Å². The summed E-state index contributed by atoms with van der Waals surface area (Å²) in [6.07, 6.45) is 0. The summed E-state index contributed by atoms with van der Waals surface area (Å²) < 4.78 is 50.7. The summed E-state index contributed by atoms with van der Waals surface area (Å²) in [4.78, 5) is 0. The monoisotopic (exact) mass is 292 g/mol. The minimum Gasteiger partial charge on any atom is -0.309 e. The molecule has 0 aliphatic heterocycles. The fourth-order valence-corrected chi connectivity index (χ4v) is 2.28. The van der Waals surface area contributed by atoms with Gasteiger partial charge in [0.25, 0.3) is 0 Å². The molecule has 1 aromatic rings. The maximum absolute atomic E-state index is 13.5. The standard InChI is InChI=1S/C12H18F2N2O2S/c1-9(11-8-10(13)4-5-12(11)14)15-6-7-19(17,18)16(2)3/h4-5,8-9,15H,6-7H2,1-3H3. The van der Waals surface area contributed by atoms with Crippen molar-refractivity contribution in [2.45, 2.75) is 13.0 Å². The summed E-state index contributed by atoms with van der Waals surface area (Å²) in [7, 11) is -0.393. The Morgan fingerprint density at radius 1 is 1.32 bits per heavy atom. The van der Waals surface area contributed by atoms with Crippen molar-refractivity contribution in [1.29, 1.82) is 0 Å². The Morgan fingerprint density at radius 2 is 1.95 bits per heavy atom. The molecule has 1 rings (SSSR count). The van der Waals surface area contributed by atoms with Crippen LogP contribution in [0.2, 0.25) is 0 Å². The highest BCUT2D eigenvalue weighted by Gasteiger charge is 2.15. The third-order valence-electron chi connectivity index (χ3n) is 2.79. The van der Waals surface area contributed by atoms with E-state index in [0.717, 1.165) is 22.5 Å². The zero-order valence-electron chi connectivity index (χ0n) is 11.2. The van der Waals surface area contributed by atoms with Crippen LogP contribution in [0.1, 0.15) is 18.5 Å². The number of rotatable bonds is 6. The second-order valence-electron chi connectivity index (χ2n) is 4.44. The molecule has 7 heteroatoms. The van der Waals surface area contributed by atoms with Gasteiger partial charge in [-0.2, -0.15) is 0 Å². The molecule has 0 radical (unpaired) electrons. The number of hydrogen-bond donors (Lipinski definition) is 1. The van der Waals surface area contributed by atoms with Gasteiger partial charge in [0.1, 0.15) is 11.6 Å². The van der Waals surface area contributed by atoms with E-state index in [-0.39, 0.29) is 17.9 Å². The number of hydrogen-bond acceptors (Lipinski definition) is 3. The highest BCUT2D eigenvalue weighted by atomic mass is 32.2. The highest BCUT2D eigenvalue weighted by molar-refractivity contribution is 7.89. The predicted octanol–water partition coefficient (Wildman–Crippen LogP) is 1.51. The van der Waals surface area contributed by atoms with Gasteiger partial charge in [-0.15, -0.1) is 0 Å². The van der Waals surface area contributed by atoms with Gasteiger partial charge in [-0.3, -0.25) is 0 Å². The van der Waals surface area contributed by atoms with Gasteiger partial charge >= 0.3 is 0 Å². The molecule has 108 valence electrons. The van der Waals surface area contributed by atoms with E-state index in [9.17, 15) is 17.2 Å². The maximum Gasteiger partial charge on any atom is 0.214 e. The first kappa shape index (κ1) is 16.0. The molecule has 1 unspecified atom stereocenters. The Balaban J connectivity index is 2.61. The number of benzene rings is 1. The molecule has 1 aromatic carbocycles. The van der Waals surface area contributed by atoms with Gasteiger partial charge in [-0.05, 0) is 25.1 Å². The lowest BCUT2D eigenvalue weighted by molar-refractivity contribution is 0.505. The fourth-order valence-electron chi connectivity index (χ4n) is 1.54. The molecule has 0 bridgehead atoms. The smallest absolute Gasteiger partial charge is 0.214 e. The topological polar surface area (TPSA) is 49.4 Å². The van der Waals surface area contributed by atoms with Crippen LogP contribution in [-0.2, 0) is 10.0 Å². The van der Waals surface area contributed by atoms with Crippen LogP contribution in [0.15, 0.2) is 18.2 Å². The first-order valence-electron chi connectivity index (χ1n) is 5.82. The zero-order chi connectivity index (χ0) is 14.6. The van der Waals surface area contributed by atoms with Crippen molar-refractivity contribution < 1.29 is 17.2 Å². The van der Waals surface area contributed by atoms with Crippen molar-refractivity contribution >= 4 is 10.0 Å². The molecule has 0 fully saturated rings. The van der Waals surface area contributed by atoms with Crippen LogP contribution in [0, 0.1) is 11.6 Å². The molecule has 0 saturated heterocycles. The van der Waals surface area contributed by atoms with Crippen molar-refractivity contribution in [2.75, 3.05) is 26.4 Å². The van der Waals surface area contributed by atoms with Crippen molar-refractivity contribution in [3.8, 4) is 0 Å². The lowest BCUT2D eigenvalue weighted by atomic mass is 10.1. The minimum absolute atomic E-state index is 0.0960. The van der Waals surface area contributed by atoms with Crippen LogP contribution in [0.5, 0.6) is 0 Å². The fraction of sp³-hybridized carbons (Fsp3) is 0.500. The van der Waals surface area contributed by atoms with Crippen LogP contribution in [0.4, 0.5) is 8.78 Å². The third-order valence-corrected chi connectivity index (χ3v) is 4.62. The molecule has 19 heavy (non-hydrogen) atoms. The largest absolute Gasteiger partial charge is 0.309 e. The van der Waals surface area contributed by atoms with E-state index in [0.29, 0.717) is 0 Å². The average Bonchev–Trinajstić information content (AvgIpc) is 2.31. The van der Waals surface area contributed by atoms with E-state index in [1.54, 1.807) is 6.92 Å². The summed E-state index contributed by atoms with van der Waals surface area (Å²) in [6, 6.07) is 2.74. The lowest BCUT2D eigenvalue weighted by Crippen LogP contribution is -2.32. The maximum atomic E-state index is 13.5. The van der Waals surface area contributed by atoms with Gasteiger partial charge in [0.15, 0.2) is 0 Å². The molecule has 0 spiro atoms. The molecule has 1 atom stereocenters. The molecule has 1 N–H and O–H groups in total. The predicted molar refractivity (Wildman–Crippen MR) is 70.2 cm³/mol. The van der Waals surface area contributed by atoms with Crippen LogP contribution in [-0.4, -0.2) is 39.1 Å². The number of sulfonamides is 1. The van der Waals surface area contributed by atoms with Gasteiger partial charge in [-0.1, -0.05) is 0 Å².